The van der Waals surface area contributed by atoms with Gasteiger partial charge in [-0.1, -0.05) is 88.4 Å². The number of amides is 2. The molecule has 6 N–H and O–H groups in total. The Morgan fingerprint density at radius 1 is 0.644 bits per heavy atom. The largest absolute Gasteiger partial charge is 0.465 e. The van der Waals surface area contributed by atoms with E-state index in [4.69, 9.17) is 24.1 Å². The molecule has 15 heteroatoms. The van der Waals surface area contributed by atoms with Crippen LogP contribution >= 0.6 is 0 Å². The Morgan fingerprint density at radius 3 is 1.63 bits per heavy atom. The summed E-state index contributed by atoms with van der Waals surface area (Å²) in [5.41, 5.74) is 2.28. The predicted molar refractivity (Wildman–Crippen MR) is 226 cm³/mol. The van der Waals surface area contributed by atoms with Crippen LogP contribution in [0.1, 0.15) is 90.2 Å². The van der Waals surface area contributed by atoms with E-state index in [9.17, 15) is 29.4 Å². The Balaban J connectivity index is 0.000000860. The molecule has 0 aliphatic carbocycles. The van der Waals surface area contributed by atoms with Crippen molar-refractivity contribution >= 4 is 23.9 Å². The summed E-state index contributed by atoms with van der Waals surface area (Å²) in [4.78, 5) is 44.9. The van der Waals surface area contributed by atoms with Crippen molar-refractivity contribution in [2.75, 3.05) is 60.3 Å². The van der Waals surface area contributed by atoms with Gasteiger partial charge in [0.2, 0.25) is 0 Å². The van der Waals surface area contributed by atoms with Crippen LogP contribution in [0.15, 0.2) is 60.7 Å². The molecule has 0 saturated heterocycles. The number of aliphatic hydroxyl groups is 3. The van der Waals surface area contributed by atoms with E-state index >= 15 is 0 Å². The number of esters is 3. The number of methoxy groups -OCH3 is 2. The zero-order valence-electron chi connectivity index (χ0n) is 36.2. The summed E-state index contributed by atoms with van der Waals surface area (Å²) >= 11 is 0. The molecule has 0 aromatic heterocycles. The van der Waals surface area contributed by atoms with E-state index in [-0.39, 0.29) is 48.6 Å². The van der Waals surface area contributed by atoms with Gasteiger partial charge in [0.15, 0.2) is 0 Å². The number of urea groups is 1. The second-order valence-electron chi connectivity index (χ2n) is 14.1. The first-order chi connectivity index (χ1) is 28.4. The molecule has 15 nitrogen and oxygen atoms in total. The first-order valence-corrected chi connectivity index (χ1v) is 20.7. The molecule has 5 unspecified atom stereocenters. The normalized spacial score (nSPS) is 13.1. The highest BCUT2D eigenvalue weighted by Gasteiger charge is 2.13. The first-order valence-electron chi connectivity index (χ1n) is 20.7. The molecule has 5 atom stereocenters. The quantitative estimate of drug-likeness (QED) is 0.0391. The zero-order valence-corrected chi connectivity index (χ0v) is 36.2. The van der Waals surface area contributed by atoms with Gasteiger partial charge in [-0.3, -0.25) is 9.59 Å². The van der Waals surface area contributed by atoms with Gasteiger partial charge < -0.3 is 55.0 Å². The summed E-state index contributed by atoms with van der Waals surface area (Å²) in [5, 5.41) is 36.5. The number of carbonyl (C=O) groups is 4. The molecule has 59 heavy (non-hydrogen) atoms. The van der Waals surface area contributed by atoms with Gasteiger partial charge in [0, 0.05) is 40.4 Å². The summed E-state index contributed by atoms with van der Waals surface area (Å²) < 4.78 is 24.9. The number of hydrogen-bond acceptors (Lipinski definition) is 13. The lowest BCUT2D eigenvalue weighted by molar-refractivity contribution is -0.150. The standard InChI is InChI=1S/C18H29NO3.C13H20N2O3.C13H24O6/c1-3-15(2)18(21)22-12-8-7-11-17(20)14-19-13-16-9-5-4-6-10-16;1-17-10-12(18-2)9-15-13(16)14-8-11-6-4-3-5-7-11;1-3-10(2)13(17)18-7-5-4-6-11(15)9-19-12(16)8-14/h4-6,9-10,15,17,19-20H,3,7-8,11-14H2,1-2H3;3-7,12H,8-10H2,1-2H3,(H2,14,15,16);10-11,14-15H,3-9H2,1-2H3. The molecule has 0 aliphatic rings. The highest BCUT2D eigenvalue weighted by Crippen LogP contribution is 2.08. The van der Waals surface area contributed by atoms with Crippen molar-refractivity contribution in [2.24, 2.45) is 11.8 Å². The molecule has 0 radical (unpaired) electrons. The molecule has 2 aromatic rings. The topological polar surface area (TPSA) is 211 Å². The summed E-state index contributed by atoms with van der Waals surface area (Å²) in [7, 11) is 3.19. The van der Waals surface area contributed by atoms with Crippen molar-refractivity contribution in [1.29, 1.82) is 0 Å². The third-order valence-corrected chi connectivity index (χ3v) is 8.97. The zero-order chi connectivity index (χ0) is 44.1. The van der Waals surface area contributed by atoms with E-state index in [2.05, 4.69) is 32.8 Å². The van der Waals surface area contributed by atoms with Gasteiger partial charge in [0.25, 0.3) is 0 Å². The number of aliphatic hydroxyl groups excluding tert-OH is 3. The Bertz CT molecular complexity index is 1340. The fourth-order valence-electron chi connectivity index (χ4n) is 4.77. The van der Waals surface area contributed by atoms with E-state index in [1.54, 1.807) is 14.2 Å². The fourth-order valence-corrected chi connectivity index (χ4v) is 4.77. The molecule has 336 valence electrons. The fraction of sp³-hybridized carbons (Fsp3) is 0.636. The van der Waals surface area contributed by atoms with Crippen LogP contribution in [-0.2, 0) is 51.2 Å². The van der Waals surface area contributed by atoms with Crippen LogP contribution in [0.5, 0.6) is 0 Å². The van der Waals surface area contributed by atoms with Gasteiger partial charge in [0.1, 0.15) is 13.2 Å². The van der Waals surface area contributed by atoms with E-state index < -0.39 is 18.7 Å². The first kappa shape index (κ1) is 54.9. The molecule has 2 amide bonds. The van der Waals surface area contributed by atoms with Crippen molar-refractivity contribution in [2.45, 2.75) is 110 Å². The number of rotatable bonds is 28. The Hall–Kier alpha value is -4.12. The lowest BCUT2D eigenvalue weighted by atomic mass is 10.1. The van der Waals surface area contributed by atoms with Gasteiger partial charge in [0.05, 0.1) is 50.0 Å². The molecule has 2 rings (SSSR count). The second kappa shape index (κ2) is 36.9. The number of unbranched alkanes of at least 4 members (excludes halogenated alkanes) is 2. The third kappa shape index (κ3) is 31.5. The number of ether oxygens (including phenoxy) is 5. The molecule has 0 saturated carbocycles. The number of carbonyl (C=O) groups excluding carboxylic acids is 4. The van der Waals surface area contributed by atoms with Crippen LogP contribution in [-0.4, -0.2) is 118 Å². The third-order valence-electron chi connectivity index (χ3n) is 8.97. The monoisotopic (exact) mass is 836 g/mol. The van der Waals surface area contributed by atoms with Crippen LogP contribution in [0, 0.1) is 11.8 Å². The molecular weight excluding hydrogens is 762 g/mol. The Morgan fingerprint density at radius 2 is 1.15 bits per heavy atom. The van der Waals surface area contributed by atoms with Crippen molar-refractivity contribution in [3.63, 3.8) is 0 Å². The van der Waals surface area contributed by atoms with E-state index in [1.165, 1.54) is 5.56 Å². The van der Waals surface area contributed by atoms with Gasteiger partial charge in [-0.05, 0) is 62.5 Å². The molecule has 0 heterocycles. The molecule has 0 spiro atoms. The summed E-state index contributed by atoms with van der Waals surface area (Å²) in [6.45, 7) is 10.3. The molecule has 2 aromatic carbocycles. The highest BCUT2D eigenvalue weighted by molar-refractivity contribution is 5.74. The van der Waals surface area contributed by atoms with Crippen LogP contribution < -0.4 is 16.0 Å². The minimum absolute atomic E-state index is 0.0206. The minimum Gasteiger partial charge on any atom is -0.465 e. The van der Waals surface area contributed by atoms with Crippen molar-refractivity contribution in [1.82, 2.24) is 16.0 Å². The SMILES string of the molecule is CCC(C)C(=O)OCCCCC(O)CNCc1ccccc1.CCC(C)C(=O)OCCCCC(O)COC(=O)CO.COCC(CNC(=O)NCc1ccccc1)OC. The van der Waals surface area contributed by atoms with Crippen LogP contribution in [0.2, 0.25) is 0 Å². The van der Waals surface area contributed by atoms with Gasteiger partial charge in [-0.15, -0.1) is 0 Å². The smallest absolute Gasteiger partial charge is 0.331 e. The average molecular weight is 836 g/mol. The summed E-state index contributed by atoms with van der Waals surface area (Å²) in [6, 6.07) is 19.7. The molecular formula is C44H73N3O12. The second-order valence-corrected chi connectivity index (χ2v) is 14.1. The van der Waals surface area contributed by atoms with Crippen LogP contribution in [0.25, 0.3) is 0 Å². The lowest BCUT2D eigenvalue weighted by Crippen LogP contribution is -2.41. The Labute approximate surface area is 351 Å². The van der Waals surface area contributed by atoms with Crippen molar-refractivity contribution in [3.8, 4) is 0 Å². The molecule has 0 bridgehead atoms. The highest BCUT2D eigenvalue weighted by atomic mass is 16.6. The number of nitrogens with one attached hydrogen (secondary N) is 3. The average Bonchev–Trinajstić information content (AvgIpc) is 3.26. The van der Waals surface area contributed by atoms with E-state index in [0.717, 1.165) is 44.2 Å². The maximum atomic E-state index is 11.5. The maximum absolute atomic E-state index is 11.5. The van der Waals surface area contributed by atoms with Gasteiger partial charge in [-0.25, -0.2) is 9.59 Å². The Kier molecular flexibility index (Phi) is 34.3. The van der Waals surface area contributed by atoms with Crippen LogP contribution in [0.4, 0.5) is 4.79 Å². The van der Waals surface area contributed by atoms with Crippen molar-refractivity contribution in [3.05, 3.63) is 71.8 Å². The molecule has 0 fully saturated rings. The van der Waals surface area contributed by atoms with Crippen molar-refractivity contribution < 1.29 is 58.2 Å². The van der Waals surface area contributed by atoms with Crippen LogP contribution in [0.3, 0.4) is 0 Å². The predicted octanol–water partition coefficient (Wildman–Crippen LogP) is 4.69. The lowest BCUT2D eigenvalue weighted by Gasteiger charge is -2.15. The van der Waals surface area contributed by atoms with E-state index in [1.807, 2.05) is 76.2 Å². The summed E-state index contributed by atoms with van der Waals surface area (Å²) in [5.74, 6) is -1.16. The minimum atomic E-state index is -0.749. The van der Waals surface area contributed by atoms with Gasteiger partial charge in [-0.2, -0.15) is 0 Å². The number of hydrogen-bond donors (Lipinski definition) is 6. The number of benzene rings is 2. The van der Waals surface area contributed by atoms with Gasteiger partial charge >= 0.3 is 23.9 Å². The maximum Gasteiger partial charge on any atom is 0.331 e. The molecule has 0 aliphatic heterocycles. The van der Waals surface area contributed by atoms with E-state index in [0.29, 0.717) is 58.7 Å². The summed E-state index contributed by atoms with van der Waals surface area (Å²) in [6.07, 6.45) is 4.52.